The van der Waals surface area contributed by atoms with E-state index in [4.69, 9.17) is 5.53 Å². The number of rotatable bonds is 7. The van der Waals surface area contributed by atoms with E-state index in [9.17, 15) is 9.59 Å². The van der Waals surface area contributed by atoms with Gasteiger partial charge < -0.3 is 0 Å². The van der Waals surface area contributed by atoms with Crippen LogP contribution in [0.25, 0.3) is 21.2 Å². The quantitative estimate of drug-likeness (QED) is 0.0869. The van der Waals surface area contributed by atoms with Crippen LogP contribution in [0.5, 0.6) is 0 Å². The molecule has 0 aromatic heterocycles. The molecule has 6 nitrogen and oxygen atoms in total. The lowest BCUT2D eigenvalue weighted by molar-refractivity contribution is 0.0893. The van der Waals surface area contributed by atoms with Gasteiger partial charge in [0.2, 0.25) is 0 Å². The SMILES string of the molecule is CC(C)c1cccc(C(C)C)c1N1C(=O)c2cccc3c(C#CCCCCN=[N+]=[N-])ccc(c23)C1=O. The van der Waals surface area contributed by atoms with Gasteiger partial charge in [-0.2, -0.15) is 0 Å². The molecule has 3 aromatic rings. The fraction of sp³-hybridized carbons (Fsp3) is 0.333. The van der Waals surface area contributed by atoms with Crippen molar-refractivity contribution in [3.05, 3.63) is 86.8 Å². The lowest BCUT2D eigenvalue weighted by Crippen LogP contribution is -2.41. The standard InChI is InChI=1S/C30H30N4O2/c1-19(2)22-12-9-13-23(20(3)4)28(22)34-29(35)25-15-10-14-24-21(11-7-5-6-8-18-32-33-31)16-17-26(27(24)25)30(34)36/h9-10,12-17,19-20H,5-6,8,18H2,1-4H3. The van der Waals surface area contributed by atoms with Gasteiger partial charge in [0.05, 0.1) is 5.69 Å². The maximum absolute atomic E-state index is 13.9. The Balaban J connectivity index is 1.78. The van der Waals surface area contributed by atoms with Crippen molar-refractivity contribution < 1.29 is 9.59 Å². The van der Waals surface area contributed by atoms with E-state index in [-0.39, 0.29) is 23.7 Å². The van der Waals surface area contributed by atoms with Crippen molar-refractivity contribution in [1.82, 2.24) is 0 Å². The van der Waals surface area contributed by atoms with E-state index in [2.05, 4.69) is 49.6 Å². The van der Waals surface area contributed by atoms with Gasteiger partial charge in [-0.1, -0.05) is 75.0 Å². The molecule has 2 amide bonds. The van der Waals surface area contributed by atoms with E-state index in [0.717, 1.165) is 34.9 Å². The number of carbonyl (C=O) groups is 2. The number of unbranched alkanes of at least 4 members (excludes halogenated alkanes) is 2. The maximum Gasteiger partial charge on any atom is 0.266 e. The van der Waals surface area contributed by atoms with Crippen LogP contribution in [0.3, 0.4) is 0 Å². The molecule has 0 saturated heterocycles. The second-order valence-electron chi connectivity index (χ2n) is 9.64. The summed E-state index contributed by atoms with van der Waals surface area (Å²) in [4.78, 5) is 31.9. The van der Waals surface area contributed by atoms with E-state index in [0.29, 0.717) is 35.2 Å². The molecule has 4 rings (SSSR count). The van der Waals surface area contributed by atoms with Crippen LogP contribution >= 0.6 is 0 Å². The number of azide groups is 1. The molecule has 6 heteroatoms. The van der Waals surface area contributed by atoms with Crippen molar-refractivity contribution in [2.45, 2.75) is 58.8 Å². The van der Waals surface area contributed by atoms with Crippen LogP contribution in [0, 0.1) is 11.8 Å². The predicted octanol–water partition coefficient (Wildman–Crippen LogP) is 7.72. The highest BCUT2D eigenvalue weighted by atomic mass is 16.2. The number of hydrogen-bond donors (Lipinski definition) is 0. The maximum atomic E-state index is 13.9. The van der Waals surface area contributed by atoms with Crippen LogP contribution in [-0.4, -0.2) is 18.4 Å². The molecule has 0 fully saturated rings. The summed E-state index contributed by atoms with van der Waals surface area (Å²) in [6.07, 6.45) is 2.31. The first kappa shape index (κ1) is 25.0. The molecular weight excluding hydrogens is 448 g/mol. The third-order valence-electron chi connectivity index (χ3n) is 6.57. The largest absolute Gasteiger partial charge is 0.268 e. The molecule has 0 spiro atoms. The molecule has 1 heterocycles. The van der Waals surface area contributed by atoms with Crippen molar-refractivity contribution in [3.8, 4) is 11.8 Å². The number of para-hydroxylation sites is 1. The normalized spacial score (nSPS) is 12.7. The summed E-state index contributed by atoms with van der Waals surface area (Å²) in [6.45, 7) is 8.80. The molecule has 0 saturated carbocycles. The minimum atomic E-state index is -0.295. The minimum absolute atomic E-state index is 0.154. The summed E-state index contributed by atoms with van der Waals surface area (Å²) in [7, 11) is 0. The van der Waals surface area contributed by atoms with Gasteiger partial charge in [0.25, 0.3) is 11.8 Å². The lowest BCUT2D eigenvalue weighted by Gasteiger charge is -2.32. The second-order valence-corrected chi connectivity index (χ2v) is 9.64. The van der Waals surface area contributed by atoms with Gasteiger partial charge in [-0.3, -0.25) is 9.59 Å². The van der Waals surface area contributed by atoms with Crippen molar-refractivity contribution in [1.29, 1.82) is 0 Å². The Labute approximate surface area is 211 Å². The Morgan fingerprint density at radius 3 is 2.17 bits per heavy atom. The van der Waals surface area contributed by atoms with Gasteiger partial charge in [0, 0.05) is 40.0 Å². The highest BCUT2D eigenvalue weighted by Crippen LogP contribution is 2.40. The Hall–Kier alpha value is -4.07. The van der Waals surface area contributed by atoms with E-state index in [1.54, 1.807) is 12.1 Å². The summed E-state index contributed by atoms with van der Waals surface area (Å²) in [5.41, 5.74) is 12.9. The van der Waals surface area contributed by atoms with Gasteiger partial charge in [-0.25, -0.2) is 4.90 Å². The zero-order chi connectivity index (χ0) is 25.8. The van der Waals surface area contributed by atoms with Crippen molar-refractivity contribution in [3.63, 3.8) is 0 Å². The topological polar surface area (TPSA) is 86.1 Å². The molecule has 0 aliphatic carbocycles. The molecule has 0 N–H and O–H groups in total. The zero-order valence-corrected chi connectivity index (χ0v) is 21.2. The first-order chi connectivity index (χ1) is 17.4. The number of nitrogens with zero attached hydrogens (tertiary/aromatic N) is 4. The predicted molar refractivity (Wildman–Crippen MR) is 144 cm³/mol. The Bertz CT molecular complexity index is 1400. The summed E-state index contributed by atoms with van der Waals surface area (Å²) in [5.74, 6) is 6.11. The fourth-order valence-electron chi connectivity index (χ4n) is 4.78. The fourth-order valence-corrected chi connectivity index (χ4v) is 4.78. The Kier molecular flexibility index (Phi) is 7.43. The molecule has 3 aromatic carbocycles. The minimum Gasteiger partial charge on any atom is -0.268 e. The van der Waals surface area contributed by atoms with E-state index in [1.807, 2.05) is 36.4 Å². The van der Waals surface area contributed by atoms with Gasteiger partial charge in [0.15, 0.2) is 0 Å². The Morgan fingerprint density at radius 1 is 0.889 bits per heavy atom. The molecule has 0 radical (unpaired) electrons. The van der Waals surface area contributed by atoms with Crippen LogP contribution in [0.4, 0.5) is 5.69 Å². The third kappa shape index (κ3) is 4.58. The van der Waals surface area contributed by atoms with Gasteiger partial charge in [-0.15, -0.1) is 0 Å². The lowest BCUT2D eigenvalue weighted by atomic mass is 9.87. The van der Waals surface area contributed by atoms with Crippen LogP contribution in [0.2, 0.25) is 0 Å². The smallest absolute Gasteiger partial charge is 0.266 e. The average Bonchev–Trinajstić information content (AvgIpc) is 2.87. The molecule has 182 valence electrons. The highest BCUT2D eigenvalue weighted by molar-refractivity contribution is 6.36. The summed E-state index contributed by atoms with van der Waals surface area (Å²) < 4.78 is 0. The van der Waals surface area contributed by atoms with Crippen LogP contribution < -0.4 is 4.90 Å². The first-order valence-corrected chi connectivity index (χ1v) is 12.4. The summed E-state index contributed by atoms with van der Waals surface area (Å²) in [5, 5.41) is 5.03. The van der Waals surface area contributed by atoms with Crippen LogP contribution in [0.15, 0.2) is 53.6 Å². The van der Waals surface area contributed by atoms with Crippen LogP contribution in [0.1, 0.15) is 96.2 Å². The number of imide groups is 1. The van der Waals surface area contributed by atoms with Gasteiger partial charge in [0.1, 0.15) is 0 Å². The third-order valence-corrected chi connectivity index (χ3v) is 6.57. The van der Waals surface area contributed by atoms with Crippen molar-refractivity contribution >= 4 is 28.3 Å². The number of amides is 2. The second kappa shape index (κ2) is 10.7. The molecule has 0 atom stereocenters. The molecular formula is C30H30N4O2. The number of hydrogen-bond acceptors (Lipinski definition) is 3. The number of benzene rings is 3. The van der Waals surface area contributed by atoms with Crippen molar-refractivity contribution in [2.24, 2.45) is 5.11 Å². The number of carbonyl (C=O) groups excluding carboxylic acids is 2. The van der Waals surface area contributed by atoms with E-state index in [1.165, 1.54) is 4.90 Å². The van der Waals surface area contributed by atoms with E-state index < -0.39 is 0 Å². The monoisotopic (exact) mass is 478 g/mol. The summed E-state index contributed by atoms with van der Waals surface area (Å²) >= 11 is 0. The zero-order valence-electron chi connectivity index (χ0n) is 21.2. The Morgan fingerprint density at radius 2 is 1.53 bits per heavy atom. The average molecular weight is 479 g/mol. The molecule has 0 unspecified atom stereocenters. The highest BCUT2D eigenvalue weighted by Gasteiger charge is 2.37. The summed E-state index contributed by atoms with van der Waals surface area (Å²) in [6, 6.07) is 15.3. The van der Waals surface area contributed by atoms with E-state index >= 15 is 0 Å². The van der Waals surface area contributed by atoms with Crippen molar-refractivity contribution in [2.75, 3.05) is 11.4 Å². The van der Waals surface area contributed by atoms with Crippen LogP contribution in [-0.2, 0) is 0 Å². The van der Waals surface area contributed by atoms with Gasteiger partial charge in [-0.05, 0) is 64.9 Å². The molecule has 1 aliphatic heterocycles. The first-order valence-electron chi connectivity index (χ1n) is 12.4. The molecule has 0 bridgehead atoms. The van der Waals surface area contributed by atoms with Gasteiger partial charge >= 0.3 is 0 Å². The molecule has 1 aliphatic rings. The number of anilines is 1. The molecule has 36 heavy (non-hydrogen) atoms.